The molecule has 3 aromatic carbocycles. The maximum Gasteiger partial charge on any atom is 0.343 e. The van der Waals surface area contributed by atoms with E-state index in [2.05, 4.69) is 10.2 Å². The number of carbonyl (C=O) groups excluding carboxylic acids is 2. The topological polar surface area (TPSA) is 89.9 Å². The largest absolute Gasteiger partial charge is 0.462 e. The van der Waals surface area contributed by atoms with Crippen LogP contribution in [0.2, 0.25) is 0 Å². The van der Waals surface area contributed by atoms with Crippen LogP contribution in [-0.4, -0.2) is 48.2 Å². The summed E-state index contributed by atoms with van der Waals surface area (Å²) in [6, 6.07) is 20.6. The summed E-state index contributed by atoms with van der Waals surface area (Å²) in [6.07, 6.45) is 0.685. The lowest BCUT2D eigenvalue weighted by molar-refractivity contribution is -0.124. The first-order chi connectivity index (χ1) is 22.6. The van der Waals surface area contributed by atoms with Crippen LogP contribution in [0.25, 0.3) is 20.7 Å². The molecule has 0 spiro atoms. The third-order valence-electron chi connectivity index (χ3n) is 7.75. The van der Waals surface area contributed by atoms with Crippen LogP contribution >= 0.6 is 11.3 Å². The van der Waals surface area contributed by atoms with Crippen molar-refractivity contribution in [2.45, 2.75) is 39.6 Å². The van der Waals surface area contributed by atoms with Gasteiger partial charge in [-0.25, -0.2) is 13.6 Å². The van der Waals surface area contributed by atoms with E-state index in [1.807, 2.05) is 49.5 Å². The van der Waals surface area contributed by atoms with Crippen molar-refractivity contribution in [3.8, 4) is 10.4 Å². The van der Waals surface area contributed by atoms with E-state index in [-0.39, 0.29) is 35.6 Å². The van der Waals surface area contributed by atoms with Crippen LogP contribution in [0.5, 0.6) is 0 Å². The first-order valence-corrected chi connectivity index (χ1v) is 15.9. The molecule has 244 valence electrons. The summed E-state index contributed by atoms with van der Waals surface area (Å²) in [5.74, 6) is -2.60. The molecule has 1 unspecified atom stereocenters. The van der Waals surface area contributed by atoms with E-state index in [0.29, 0.717) is 29.2 Å². The lowest BCUT2D eigenvalue weighted by atomic mass is 10.0. The molecule has 5 aromatic rings. The molecule has 1 N–H and O–H groups in total. The number of benzene rings is 3. The lowest BCUT2D eigenvalue weighted by Crippen LogP contribution is -2.26. The van der Waals surface area contributed by atoms with Gasteiger partial charge in [0.1, 0.15) is 28.1 Å². The summed E-state index contributed by atoms with van der Waals surface area (Å²) in [7, 11) is 3.38. The van der Waals surface area contributed by atoms with Crippen LogP contribution in [0, 0.1) is 11.6 Å². The Morgan fingerprint density at radius 2 is 1.64 bits per heavy atom. The van der Waals surface area contributed by atoms with Gasteiger partial charge in [0.15, 0.2) is 0 Å². The lowest BCUT2D eigenvalue weighted by Gasteiger charge is -2.18. The molecule has 0 aliphatic carbocycles. The van der Waals surface area contributed by atoms with Crippen LogP contribution in [0.4, 0.5) is 14.5 Å². The third-order valence-corrected chi connectivity index (χ3v) is 9.07. The van der Waals surface area contributed by atoms with Gasteiger partial charge in [-0.05, 0) is 61.9 Å². The number of ether oxygens (including phenoxy) is 2. The van der Waals surface area contributed by atoms with Crippen molar-refractivity contribution >= 4 is 39.1 Å². The molecule has 1 atom stereocenters. The standard InChI is InChI=1S/C36H35F2N3O5S/c1-5-46-36(44)28-21-41(20-26-29(37)12-9-13-30(26)38)35-31(32(28)42)27(19-40(3)18-23-10-7-6-8-11-23)33(47-35)24-14-16-25(17-15-24)39-34(43)22(2)45-4/h6-17,21-22H,5,18-20H2,1-4H3,(H,39,43). The minimum atomic E-state index is -0.816. The van der Waals surface area contributed by atoms with Gasteiger partial charge in [-0.2, -0.15) is 0 Å². The smallest absolute Gasteiger partial charge is 0.343 e. The van der Waals surface area contributed by atoms with Gasteiger partial charge in [-0.15, -0.1) is 11.3 Å². The normalized spacial score (nSPS) is 12.0. The van der Waals surface area contributed by atoms with Crippen LogP contribution < -0.4 is 10.7 Å². The van der Waals surface area contributed by atoms with E-state index in [1.165, 1.54) is 42.8 Å². The maximum absolute atomic E-state index is 14.9. The summed E-state index contributed by atoms with van der Waals surface area (Å²) >= 11 is 1.29. The number of carbonyl (C=O) groups is 2. The van der Waals surface area contributed by atoms with Gasteiger partial charge >= 0.3 is 5.97 Å². The molecule has 0 aliphatic rings. The third kappa shape index (κ3) is 7.48. The number of fused-ring (bicyclic) bond motifs is 1. The van der Waals surface area contributed by atoms with E-state index < -0.39 is 29.1 Å². The highest BCUT2D eigenvalue weighted by Crippen LogP contribution is 2.39. The Balaban J connectivity index is 1.69. The first kappa shape index (κ1) is 33.6. The summed E-state index contributed by atoms with van der Waals surface area (Å²) in [5.41, 5.74) is 2.10. The minimum absolute atomic E-state index is 0.0475. The number of methoxy groups -OCH3 is 1. The van der Waals surface area contributed by atoms with Crippen molar-refractivity contribution in [3.63, 3.8) is 0 Å². The Bertz CT molecular complexity index is 1940. The van der Waals surface area contributed by atoms with Crippen molar-refractivity contribution in [1.82, 2.24) is 9.47 Å². The van der Waals surface area contributed by atoms with Gasteiger partial charge in [0, 0.05) is 42.5 Å². The zero-order valence-corrected chi connectivity index (χ0v) is 27.3. The van der Waals surface area contributed by atoms with E-state index in [4.69, 9.17) is 9.47 Å². The quantitative estimate of drug-likeness (QED) is 0.148. The van der Waals surface area contributed by atoms with Crippen molar-refractivity contribution in [3.05, 3.63) is 123 Å². The fourth-order valence-electron chi connectivity index (χ4n) is 5.28. The maximum atomic E-state index is 14.9. The Labute approximate surface area is 275 Å². The van der Waals surface area contributed by atoms with Gasteiger partial charge in [-0.3, -0.25) is 14.5 Å². The number of rotatable bonds is 12. The summed E-state index contributed by atoms with van der Waals surface area (Å²) in [5, 5.41) is 3.09. The summed E-state index contributed by atoms with van der Waals surface area (Å²) in [6.45, 7) is 3.97. The highest BCUT2D eigenvalue weighted by molar-refractivity contribution is 7.22. The molecule has 2 aromatic heterocycles. The molecule has 0 saturated carbocycles. The SMILES string of the molecule is CCOC(=O)c1cn(Cc2c(F)cccc2F)c2sc(-c3ccc(NC(=O)C(C)OC)cc3)c(CN(C)Cc3ccccc3)c2c1=O. The van der Waals surface area contributed by atoms with Crippen LogP contribution in [-0.2, 0) is 33.9 Å². The molecule has 11 heteroatoms. The molecular weight excluding hydrogens is 624 g/mol. The Hall–Kier alpha value is -4.71. The Kier molecular flexibility index (Phi) is 10.6. The Morgan fingerprint density at radius 3 is 2.28 bits per heavy atom. The molecule has 0 fully saturated rings. The number of hydrogen-bond donors (Lipinski definition) is 1. The second-order valence-electron chi connectivity index (χ2n) is 11.1. The molecule has 1 amide bonds. The van der Waals surface area contributed by atoms with Crippen molar-refractivity contribution in [1.29, 1.82) is 0 Å². The molecule has 0 saturated heterocycles. The van der Waals surface area contributed by atoms with Crippen LogP contribution in [0.15, 0.2) is 83.8 Å². The Morgan fingerprint density at radius 1 is 0.957 bits per heavy atom. The van der Waals surface area contributed by atoms with E-state index >= 15 is 0 Å². The second-order valence-corrected chi connectivity index (χ2v) is 12.1. The van der Waals surface area contributed by atoms with Crippen LogP contribution in [0.3, 0.4) is 0 Å². The molecule has 5 rings (SSSR count). The second kappa shape index (κ2) is 14.8. The number of hydrogen-bond acceptors (Lipinski definition) is 7. The fraction of sp³-hybridized carbons (Fsp3) is 0.250. The number of thiophene rings is 1. The van der Waals surface area contributed by atoms with Crippen LogP contribution in [0.1, 0.15) is 40.9 Å². The number of amides is 1. The van der Waals surface area contributed by atoms with Gasteiger partial charge in [0.25, 0.3) is 5.91 Å². The first-order valence-electron chi connectivity index (χ1n) is 15.1. The average Bonchev–Trinajstić information content (AvgIpc) is 3.43. The summed E-state index contributed by atoms with van der Waals surface area (Å²) in [4.78, 5) is 42.8. The zero-order valence-electron chi connectivity index (χ0n) is 26.5. The number of aromatic nitrogens is 1. The van der Waals surface area contributed by atoms with E-state index in [9.17, 15) is 23.2 Å². The van der Waals surface area contributed by atoms with Gasteiger partial charge in [0.2, 0.25) is 5.43 Å². The number of anilines is 1. The van der Waals surface area contributed by atoms with E-state index in [1.54, 1.807) is 30.5 Å². The molecule has 0 radical (unpaired) electrons. The number of nitrogens with one attached hydrogen (secondary N) is 1. The molecular formula is C36H35F2N3O5S. The predicted octanol–water partition coefficient (Wildman–Crippen LogP) is 6.84. The van der Waals surface area contributed by atoms with Gasteiger partial charge < -0.3 is 19.4 Å². The minimum Gasteiger partial charge on any atom is -0.462 e. The monoisotopic (exact) mass is 659 g/mol. The fourth-order valence-corrected chi connectivity index (χ4v) is 6.57. The average molecular weight is 660 g/mol. The number of halogens is 2. The number of pyridine rings is 1. The molecule has 0 bridgehead atoms. The predicted molar refractivity (Wildman–Crippen MR) is 180 cm³/mol. The summed E-state index contributed by atoms with van der Waals surface area (Å²) < 4.78 is 41.6. The molecule has 2 heterocycles. The highest BCUT2D eigenvalue weighted by Gasteiger charge is 2.26. The van der Waals surface area contributed by atoms with E-state index in [0.717, 1.165) is 16.0 Å². The number of esters is 1. The molecule has 8 nitrogen and oxygen atoms in total. The zero-order chi connectivity index (χ0) is 33.7. The van der Waals surface area contributed by atoms with Gasteiger partial charge in [0.05, 0.1) is 18.5 Å². The molecule has 47 heavy (non-hydrogen) atoms. The van der Waals surface area contributed by atoms with Gasteiger partial charge in [-0.1, -0.05) is 48.5 Å². The van der Waals surface area contributed by atoms with Crippen molar-refractivity contribution < 1.29 is 27.8 Å². The molecule has 0 aliphatic heterocycles. The number of nitrogens with zero attached hydrogens (tertiary/aromatic N) is 2. The highest BCUT2D eigenvalue weighted by atomic mass is 32.1. The van der Waals surface area contributed by atoms with Crippen molar-refractivity contribution in [2.75, 3.05) is 26.1 Å². The van der Waals surface area contributed by atoms with Crippen molar-refractivity contribution in [2.24, 2.45) is 0 Å².